The fraction of sp³-hybridized carbons (Fsp3) is 0.417. The van der Waals surface area contributed by atoms with Crippen LogP contribution in [-0.4, -0.2) is 19.1 Å². The summed E-state index contributed by atoms with van der Waals surface area (Å²) in [5.74, 6) is -2.78. The van der Waals surface area contributed by atoms with Gasteiger partial charge in [-0.05, 0) is 31.0 Å². The minimum absolute atomic E-state index is 0.109. The number of rotatable bonds is 5. The molecule has 0 heterocycles. The topological polar surface area (TPSA) is 52.3 Å². The molecule has 17 heavy (non-hydrogen) atoms. The van der Waals surface area contributed by atoms with Crippen LogP contribution in [0.2, 0.25) is 0 Å². The van der Waals surface area contributed by atoms with Gasteiger partial charge in [0.1, 0.15) is 0 Å². The number of benzene rings is 1. The molecule has 5 heteroatoms. The van der Waals surface area contributed by atoms with Crippen molar-refractivity contribution in [3.63, 3.8) is 0 Å². The van der Waals surface area contributed by atoms with E-state index in [1.165, 1.54) is 6.07 Å². The van der Waals surface area contributed by atoms with E-state index in [2.05, 4.69) is 0 Å². The summed E-state index contributed by atoms with van der Waals surface area (Å²) in [5.41, 5.74) is 5.97. The number of halogens is 2. The van der Waals surface area contributed by atoms with Crippen LogP contribution in [0.25, 0.3) is 0 Å². The first kappa shape index (κ1) is 13.6. The zero-order valence-corrected chi connectivity index (χ0v) is 9.58. The van der Waals surface area contributed by atoms with Crippen molar-refractivity contribution >= 4 is 5.97 Å². The Balaban J connectivity index is 2.73. The second-order valence-electron chi connectivity index (χ2n) is 3.64. The van der Waals surface area contributed by atoms with Crippen LogP contribution in [0.5, 0.6) is 0 Å². The van der Waals surface area contributed by atoms with Gasteiger partial charge in [0.05, 0.1) is 12.5 Å². The van der Waals surface area contributed by atoms with Crippen LogP contribution < -0.4 is 5.73 Å². The van der Waals surface area contributed by atoms with Gasteiger partial charge in [-0.3, -0.25) is 4.79 Å². The third-order valence-corrected chi connectivity index (χ3v) is 2.37. The molecule has 1 aromatic carbocycles. The maximum Gasteiger partial charge on any atom is 0.310 e. The molecule has 0 amide bonds. The molecule has 0 spiro atoms. The van der Waals surface area contributed by atoms with Gasteiger partial charge in [0, 0.05) is 6.54 Å². The van der Waals surface area contributed by atoms with Gasteiger partial charge in [-0.25, -0.2) is 8.78 Å². The van der Waals surface area contributed by atoms with E-state index in [0.29, 0.717) is 5.56 Å². The average molecular weight is 243 g/mol. The molecule has 3 nitrogen and oxygen atoms in total. The van der Waals surface area contributed by atoms with Crippen LogP contribution in [-0.2, 0) is 16.0 Å². The van der Waals surface area contributed by atoms with Crippen molar-refractivity contribution in [2.24, 2.45) is 11.7 Å². The number of ether oxygens (including phenoxy) is 1. The molecule has 1 aromatic rings. The number of esters is 1. The molecule has 0 aromatic heterocycles. The van der Waals surface area contributed by atoms with Crippen molar-refractivity contribution in [3.8, 4) is 0 Å². The lowest BCUT2D eigenvalue weighted by atomic mass is 9.99. The van der Waals surface area contributed by atoms with Crippen molar-refractivity contribution in [2.45, 2.75) is 13.3 Å². The van der Waals surface area contributed by atoms with E-state index in [1.54, 1.807) is 6.92 Å². The first-order valence-electron chi connectivity index (χ1n) is 5.39. The number of carbonyl (C=O) groups excluding carboxylic acids is 1. The summed E-state index contributed by atoms with van der Waals surface area (Å²) in [7, 11) is 0. The Morgan fingerprint density at radius 1 is 1.41 bits per heavy atom. The van der Waals surface area contributed by atoms with E-state index < -0.39 is 23.5 Å². The van der Waals surface area contributed by atoms with Crippen LogP contribution in [0.15, 0.2) is 18.2 Å². The summed E-state index contributed by atoms with van der Waals surface area (Å²) in [6, 6.07) is 3.53. The Labute approximate surface area is 98.6 Å². The number of nitrogens with two attached hydrogens (primary N) is 1. The lowest BCUT2D eigenvalue weighted by Crippen LogP contribution is -2.27. The first-order chi connectivity index (χ1) is 8.08. The number of carbonyl (C=O) groups is 1. The van der Waals surface area contributed by atoms with Gasteiger partial charge in [-0.15, -0.1) is 0 Å². The van der Waals surface area contributed by atoms with Crippen LogP contribution >= 0.6 is 0 Å². The fourth-order valence-corrected chi connectivity index (χ4v) is 1.47. The lowest BCUT2D eigenvalue weighted by molar-refractivity contribution is -0.147. The van der Waals surface area contributed by atoms with Crippen molar-refractivity contribution in [2.75, 3.05) is 13.2 Å². The van der Waals surface area contributed by atoms with Gasteiger partial charge in [0.2, 0.25) is 0 Å². The smallest absolute Gasteiger partial charge is 0.310 e. The third kappa shape index (κ3) is 3.78. The molecule has 1 unspecified atom stereocenters. The minimum Gasteiger partial charge on any atom is -0.466 e. The highest BCUT2D eigenvalue weighted by molar-refractivity contribution is 5.73. The SMILES string of the molecule is CCOC(=O)C(CN)Cc1ccc(F)c(F)c1. The molecular formula is C12H15F2NO2. The molecule has 0 bridgehead atoms. The fourth-order valence-electron chi connectivity index (χ4n) is 1.47. The molecule has 0 saturated carbocycles. The Morgan fingerprint density at radius 3 is 2.65 bits per heavy atom. The molecule has 0 aliphatic heterocycles. The Morgan fingerprint density at radius 2 is 2.12 bits per heavy atom. The monoisotopic (exact) mass is 243 g/mol. The van der Waals surface area contributed by atoms with Crippen molar-refractivity contribution < 1.29 is 18.3 Å². The van der Waals surface area contributed by atoms with Crippen LogP contribution in [0, 0.1) is 17.6 Å². The van der Waals surface area contributed by atoms with Gasteiger partial charge >= 0.3 is 5.97 Å². The molecule has 1 atom stereocenters. The van der Waals surface area contributed by atoms with Crippen LogP contribution in [0.3, 0.4) is 0 Å². The first-order valence-corrected chi connectivity index (χ1v) is 5.39. The molecular weight excluding hydrogens is 228 g/mol. The number of hydrogen-bond acceptors (Lipinski definition) is 3. The summed E-state index contributed by atoms with van der Waals surface area (Å²) >= 11 is 0. The van der Waals surface area contributed by atoms with Crippen LogP contribution in [0.4, 0.5) is 8.78 Å². The quantitative estimate of drug-likeness (QED) is 0.800. The predicted octanol–water partition coefficient (Wildman–Crippen LogP) is 1.65. The summed E-state index contributed by atoms with van der Waals surface area (Å²) < 4.78 is 30.5. The molecule has 1 rings (SSSR count). The van der Waals surface area contributed by atoms with Gasteiger partial charge < -0.3 is 10.5 Å². The van der Waals surface area contributed by atoms with E-state index in [4.69, 9.17) is 10.5 Å². The highest BCUT2D eigenvalue weighted by Crippen LogP contribution is 2.13. The standard InChI is InChI=1S/C12H15F2NO2/c1-2-17-12(16)9(7-15)5-8-3-4-10(13)11(14)6-8/h3-4,6,9H,2,5,7,15H2,1H3. The molecule has 0 aliphatic carbocycles. The molecule has 0 radical (unpaired) electrons. The zero-order valence-electron chi connectivity index (χ0n) is 9.58. The Bertz CT molecular complexity index is 396. The minimum atomic E-state index is -0.929. The Kier molecular flexibility index (Phi) is 5.03. The van der Waals surface area contributed by atoms with Crippen molar-refractivity contribution in [3.05, 3.63) is 35.4 Å². The maximum absolute atomic E-state index is 13.0. The summed E-state index contributed by atoms with van der Waals surface area (Å²) in [5, 5.41) is 0. The van der Waals surface area contributed by atoms with E-state index in [-0.39, 0.29) is 19.6 Å². The maximum atomic E-state index is 13.0. The van der Waals surface area contributed by atoms with E-state index in [1.807, 2.05) is 0 Å². The van der Waals surface area contributed by atoms with E-state index in [0.717, 1.165) is 12.1 Å². The summed E-state index contributed by atoms with van der Waals surface area (Å²) in [6.45, 7) is 2.08. The van der Waals surface area contributed by atoms with E-state index >= 15 is 0 Å². The van der Waals surface area contributed by atoms with Gasteiger partial charge in [-0.2, -0.15) is 0 Å². The predicted molar refractivity (Wildman–Crippen MR) is 59.2 cm³/mol. The largest absolute Gasteiger partial charge is 0.466 e. The molecule has 0 aliphatic rings. The average Bonchev–Trinajstić information content (AvgIpc) is 2.30. The van der Waals surface area contributed by atoms with Crippen LogP contribution in [0.1, 0.15) is 12.5 Å². The van der Waals surface area contributed by atoms with Gasteiger partial charge in [0.15, 0.2) is 11.6 Å². The molecule has 2 N–H and O–H groups in total. The molecule has 0 fully saturated rings. The highest BCUT2D eigenvalue weighted by atomic mass is 19.2. The van der Waals surface area contributed by atoms with E-state index in [9.17, 15) is 13.6 Å². The number of hydrogen-bond donors (Lipinski definition) is 1. The Hall–Kier alpha value is -1.49. The van der Waals surface area contributed by atoms with Gasteiger partial charge in [-0.1, -0.05) is 6.07 Å². The zero-order chi connectivity index (χ0) is 12.8. The lowest BCUT2D eigenvalue weighted by Gasteiger charge is -2.13. The molecule has 94 valence electrons. The van der Waals surface area contributed by atoms with Crippen molar-refractivity contribution in [1.82, 2.24) is 0 Å². The summed E-state index contributed by atoms with van der Waals surface area (Å²) in [4.78, 5) is 11.5. The highest BCUT2D eigenvalue weighted by Gasteiger charge is 2.19. The third-order valence-electron chi connectivity index (χ3n) is 2.37. The molecule has 0 saturated heterocycles. The van der Waals surface area contributed by atoms with Crippen molar-refractivity contribution in [1.29, 1.82) is 0 Å². The second-order valence-corrected chi connectivity index (χ2v) is 3.64. The normalized spacial score (nSPS) is 12.2. The van der Waals surface area contributed by atoms with Gasteiger partial charge in [0.25, 0.3) is 0 Å². The summed E-state index contributed by atoms with van der Waals surface area (Å²) in [6.07, 6.45) is 0.243. The second kappa shape index (κ2) is 6.30.